The second kappa shape index (κ2) is 9.67. The van der Waals surface area contributed by atoms with Crippen LogP contribution in [0.3, 0.4) is 0 Å². The Morgan fingerprint density at radius 1 is 0.941 bits per heavy atom. The number of amides is 1. The molecule has 0 aliphatic carbocycles. The lowest BCUT2D eigenvalue weighted by molar-refractivity contribution is -0.126. The molecule has 3 aromatic rings. The summed E-state index contributed by atoms with van der Waals surface area (Å²) in [5.41, 5.74) is 4.65. The van der Waals surface area contributed by atoms with Gasteiger partial charge in [0.05, 0.1) is 26.2 Å². The minimum atomic E-state index is -0.134. The molecule has 1 N–H and O–H groups in total. The molecule has 0 unspecified atom stereocenters. The zero-order valence-electron chi connectivity index (χ0n) is 19.7. The summed E-state index contributed by atoms with van der Waals surface area (Å²) in [4.78, 5) is 18.3. The van der Waals surface area contributed by atoms with Crippen LogP contribution in [0, 0.1) is 5.92 Å². The third-order valence-corrected chi connectivity index (χ3v) is 7.01. The first-order valence-corrected chi connectivity index (χ1v) is 11.8. The maximum Gasteiger partial charge on any atom is 0.225 e. The molecule has 2 heterocycles. The number of nitrogens with zero attached hydrogens (tertiary/aromatic N) is 2. The van der Waals surface area contributed by atoms with Crippen molar-refractivity contribution >= 4 is 17.3 Å². The predicted octanol–water partition coefficient (Wildman–Crippen LogP) is 3.89. The van der Waals surface area contributed by atoms with Crippen LogP contribution in [0.1, 0.15) is 11.1 Å². The van der Waals surface area contributed by atoms with Crippen LogP contribution in [0.15, 0.2) is 72.8 Å². The molecule has 3 aromatic carbocycles. The summed E-state index contributed by atoms with van der Waals surface area (Å²) in [5, 5.41) is 3.20. The summed E-state index contributed by atoms with van der Waals surface area (Å²) >= 11 is 0. The van der Waals surface area contributed by atoms with Gasteiger partial charge in [-0.15, -0.1) is 0 Å². The molecular formula is C28H31N3O3. The van der Waals surface area contributed by atoms with Gasteiger partial charge in [-0.25, -0.2) is 0 Å². The third-order valence-electron chi connectivity index (χ3n) is 7.01. The fraction of sp³-hybridized carbons (Fsp3) is 0.321. The molecule has 2 aliphatic rings. The Balaban J connectivity index is 1.41. The van der Waals surface area contributed by atoms with Crippen LogP contribution in [-0.4, -0.2) is 45.8 Å². The Bertz CT molecular complexity index is 1130. The SMILES string of the molecule is COc1ccc(N2CCN3c4cc(OC)ccc4C[C@@H](C(=O)NCc4ccccc4)[C@H]3C2)cc1. The van der Waals surface area contributed by atoms with E-state index in [9.17, 15) is 4.79 Å². The molecule has 0 bridgehead atoms. The number of carbonyl (C=O) groups excluding carboxylic acids is 1. The van der Waals surface area contributed by atoms with Crippen molar-refractivity contribution in [2.24, 2.45) is 5.92 Å². The van der Waals surface area contributed by atoms with Crippen LogP contribution in [0.2, 0.25) is 0 Å². The van der Waals surface area contributed by atoms with Gasteiger partial charge in [0.1, 0.15) is 11.5 Å². The van der Waals surface area contributed by atoms with Crippen molar-refractivity contribution in [2.75, 3.05) is 43.7 Å². The molecule has 1 fully saturated rings. The van der Waals surface area contributed by atoms with Crippen LogP contribution in [0.25, 0.3) is 0 Å². The monoisotopic (exact) mass is 457 g/mol. The first kappa shape index (κ1) is 22.1. The summed E-state index contributed by atoms with van der Waals surface area (Å²) in [5.74, 6) is 1.67. The van der Waals surface area contributed by atoms with E-state index in [0.717, 1.165) is 48.8 Å². The van der Waals surface area contributed by atoms with Crippen molar-refractivity contribution < 1.29 is 14.3 Å². The Morgan fingerprint density at radius 2 is 1.68 bits per heavy atom. The minimum Gasteiger partial charge on any atom is -0.497 e. The number of hydrogen-bond acceptors (Lipinski definition) is 5. The number of benzene rings is 3. The number of nitrogens with one attached hydrogen (secondary N) is 1. The van der Waals surface area contributed by atoms with Gasteiger partial charge in [0.15, 0.2) is 0 Å². The number of piperazine rings is 1. The summed E-state index contributed by atoms with van der Waals surface area (Å²) in [6, 6.07) is 24.5. The molecule has 176 valence electrons. The van der Waals surface area contributed by atoms with Crippen LogP contribution in [0.4, 0.5) is 11.4 Å². The summed E-state index contributed by atoms with van der Waals surface area (Å²) in [6.45, 7) is 3.06. The first-order valence-electron chi connectivity index (χ1n) is 11.8. The average Bonchev–Trinajstić information content (AvgIpc) is 2.91. The highest BCUT2D eigenvalue weighted by atomic mass is 16.5. The average molecular weight is 458 g/mol. The molecule has 0 saturated carbocycles. The summed E-state index contributed by atoms with van der Waals surface area (Å²) < 4.78 is 10.8. The van der Waals surface area contributed by atoms with E-state index in [1.807, 2.05) is 48.5 Å². The topological polar surface area (TPSA) is 54.0 Å². The van der Waals surface area contributed by atoms with Crippen LogP contribution in [0.5, 0.6) is 11.5 Å². The fourth-order valence-electron chi connectivity index (χ4n) is 5.15. The Morgan fingerprint density at radius 3 is 2.41 bits per heavy atom. The van der Waals surface area contributed by atoms with Crippen LogP contribution < -0.4 is 24.6 Å². The molecule has 6 heteroatoms. The van der Waals surface area contributed by atoms with E-state index in [-0.39, 0.29) is 17.9 Å². The maximum absolute atomic E-state index is 13.5. The fourth-order valence-corrected chi connectivity index (χ4v) is 5.15. The Kier molecular flexibility index (Phi) is 6.30. The molecular weight excluding hydrogens is 426 g/mol. The van der Waals surface area contributed by atoms with Gasteiger partial charge in [0, 0.05) is 43.6 Å². The van der Waals surface area contributed by atoms with Crippen molar-refractivity contribution in [1.82, 2.24) is 5.32 Å². The largest absolute Gasteiger partial charge is 0.497 e. The number of hydrogen-bond donors (Lipinski definition) is 1. The number of fused-ring (bicyclic) bond motifs is 3. The van der Waals surface area contributed by atoms with Crippen molar-refractivity contribution in [3.05, 3.63) is 83.9 Å². The van der Waals surface area contributed by atoms with Crippen molar-refractivity contribution in [2.45, 2.75) is 19.0 Å². The first-order chi connectivity index (χ1) is 16.7. The van der Waals surface area contributed by atoms with Gasteiger partial charge in [-0.3, -0.25) is 4.79 Å². The number of anilines is 2. The second-order valence-corrected chi connectivity index (χ2v) is 8.91. The van der Waals surface area contributed by atoms with Gasteiger partial charge in [-0.1, -0.05) is 36.4 Å². The van der Waals surface area contributed by atoms with E-state index < -0.39 is 0 Å². The Hall–Kier alpha value is -3.67. The molecule has 5 rings (SSSR count). The van der Waals surface area contributed by atoms with Gasteiger partial charge in [-0.05, 0) is 47.9 Å². The molecule has 0 spiro atoms. The van der Waals surface area contributed by atoms with Crippen molar-refractivity contribution in [1.29, 1.82) is 0 Å². The Labute approximate surface area is 201 Å². The van der Waals surface area contributed by atoms with Gasteiger partial charge >= 0.3 is 0 Å². The molecule has 1 saturated heterocycles. The van der Waals surface area contributed by atoms with E-state index in [0.29, 0.717) is 6.54 Å². The zero-order valence-corrected chi connectivity index (χ0v) is 19.7. The third kappa shape index (κ3) is 4.40. The predicted molar refractivity (Wildman–Crippen MR) is 135 cm³/mol. The van der Waals surface area contributed by atoms with E-state index >= 15 is 0 Å². The van der Waals surface area contributed by atoms with Gasteiger partial charge in [0.2, 0.25) is 5.91 Å². The van der Waals surface area contributed by atoms with E-state index in [1.165, 1.54) is 11.3 Å². The van der Waals surface area contributed by atoms with E-state index in [1.54, 1.807) is 14.2 Å². The molecule has 2 atom stereocenters. The number of methoxy groups -OCH3 is 2. The quantitative estimate of drug-likeness (QED) is 0.609. The summed E-state index contributed by atoms with van der Waals surface area (Å²) in [7, 11) is 3.38. The molecule has 34 heavy (non-hydrogen) atoms. The standard InChI is InChI=1S/C28H31N3O3/c1-33-23-12-9-22(10-13-23)30-14-15-31-26-17-24(34-2)11-8-21(26)16-25(27(31)19-30)28(32)29-18-20-6-4-3-5-7-20/h3-13,17,25,27H,14-16,18-19H2,1-2H3,(H,29,32)/t25-,27-/m1/s1. The normalized spacial score (nSPS) is 19.1. The van der Waals surface area contributed by atoms with Gasteiger partial charge in [-0.2, -0.15) is 0 Å². The van der Waals surface area contributed by atoms with Crippen molar-refractivity contribution in [3.8, 4) is 11.5 Å². The molecule has 0 aromatic heterocycles. The number of rotatable bonds is 6. The molecule has 1 amide bonds. The smallest absolute Gasteiger partial charge is 0.225 e. The van der Waals surface area contributed by atoms with E-state index in [2.05, 4.69) is 39.4 Å². The van der Waals surface area contributed by atoms with Crippen LogP contribution >= 0.6 is 0 Å². The lowest BCUT2D eigenvalue weighted by Crippen LogP contribution is -2.61. The highest BCUT2D eigenvalue weighted by molar-refractivity contribution is 5.82. The van der Waals surface area contributed by atoms with Gasteiger partial charge < -0.3 is 24.6 Å². The highest BCUT2D eigenvalue weighted by Crippen LogP contribution is 2.39. The lowest BCUT2D eigenvalue weighted by atomic mass is 9.83. The molecule has 2 aliphatic heterocycles. The molecule has 0 radical (unpaired) electrons. The van der Waals surface area contributed by atoms with E-state index in [4.69, 9.17) is 9.47 Å². The zero-order chi connectivity index (χ0) is 23.5. The second-order valence-electron chi connectivity index (χ2n) is 8.91. The maximum atomic E-state index is 13.5. The highest BCUT2D eigenvalue weighted by Gasteiger charge is 2.41. The summed E-state index contributed by atoms with van der Waals surface area (Å²) in [6.07, 6.45) is 0.720. The van der Waals surface area contributed by atoms with Gasteiger partial charge in [0.25, 0.3) is 0 Å². The minimum absolute atomic E-state index is 0.0752. The molecule has 6 nitrogen and oxygen atoms in total. The lowest BCUT2D eigenvalue weighted by Gasteiger charge is -2.49. The van der Waals surface area contributed by atoms with Crippen LogP contribution in [-0.2, 0) is 17.8 Å². The number of ether oxygens (including phenoxy) is 2. The van der Waals surface area contributed by atoms with Crippen molar-refractivity contribution in [3.63, 3.8) is 0 Å². The number of carbonyl (C=O) groups is 1.